The molecule has 0 radical (unpaired) electrons. The third-order valence-corrected chi connectivity index (χ3v) is 5.25. The molecule has 1 atom stereocenters. The molecular formula is C20H20N2O5. The number of hydroxylamine groups is 1. The van der Waals surface area contributed by atoms with Crippen LogP contribution in [0.2, 0.25) is 0 Å². The number of fused-ring (bicyclic) bond motifs is 3. The molecule has 7 nitrogen and oxygen atoms in total. The van der Waals surface area contributed by atoms with Crippen LogP contribution in [0.4, 0.5) is 4.79 Å². The summed E-state index contributed by atoms with van der Waals surface area (Å²) in [5, 5.41) is 20.8. The van der Waals surface area contributed by atoms with Crippen LogP contribution in [-0.4, -0.2) is 51.8 Å². The van der Waals surface area contributed by atoms with Crippen molar-refractivity contribution >= 4 is 12.1 Å². The van der Waals surface area contributed by atoms with Gasteiger partial charge in [0.15, 0.2) is 0 Å². The maximum Gasteiger partial charge on any atom is 0.449 e. The van der Waals surface area contributed by atoms with Gasteiger partial charge in [-0.05, 0) is 35.1 Å². The number of carbonyl (C=O) groups excluding carboxylic acids is 1. The lowest BCUT2D eigenvalue weighted by molar-refractivity contribution is -0.223. The number of ether oxygens (including phenoxy) is 1. The summed E-state index contributed by atoms with van der Waals surface area (Å²) in [6.07, 6.45) is -0.00158. The number of hydrogen-bond donors (Lipinski definition) is 2. The van der Waals surface area contributed by atoms with E-state index in [1.54, 1.807) is 0 Å². The first-order valence-electron chi connectivity index (χ1n) is 8.91. The van der Waals surface area contributed by atoms with Crippen LogP contribution >= 0.6 is 0 Å². The lowest BCUT2D eigenvalue weighted by atomic mass is 9.98. The van der Waals surface area contributed by atoms with E-state index >= 15 is 0 Å². The SMILES string of the molecule is O=C(O)[C@@H]1CCCN1N(O)C(=O)OCC1c2ccccc2-c2ccccc21. The van der Waals surface area contributed by atoms with Crippen molar-refractivity contribution in [2.45, 2.75) is 24.8 Å². The van der Waals surface area contributed by atoms with Gasteiger partial charge in [-0.1, -0.05) is 48.5 Å². The summed E-state index contributed by atoms with van der Waals surface area (Å²) < 4.78 is 5.34. The molecule has 7 heteroatoms. The summed E-state index contributed by atoms with van der Waals surface area (Å²) in [7, 11) is 0. The number of amides is 1. The zero-order chi connectivity index (χ0) is 19.0. The molecule has 0 saturated carbocycles. The number of carboxylic acid groups (broad SMARTS) is 1. The van der Waals surface area contributed by atoms with E-state index in [1.807, 2.05) is 48.5 Å². The van der Waals surface area contributed by atoms with Gasteiger partial charge in [0.25, 0.3) is 0 Å². The second-order valence-electron chi connectivity index (χ2n) is 6.75. The molecule has 0 spiro atoms. The molecule has 2 aromatic carbocycles. The van der Waals surface area contributed by atoms with Gasteiger partial charge in [0, 0.05) is 12.5 Å². The molecule has 1 fully saturated rings. The summed E-state index contributed by atoms with van der Waals surface area (Å²) in [6.45, 7) is 0.354. The Morgan fingerprint density at radius 1 is 1.07 bits per heavy atom. The zero-order valence-electron chi connectivity index (χ0n) is 14.6. The molecule has 0 bridgehead atoms. The van der Waals surface area contributed by atoms with Crippen LogP contribution in [0.25, 0.3) is 11.1 Å². The van der Waals surface area contributed by atoms with E-state index in [2.05, 4.69) is 0 Å². The highest BCUT2D eigenvalue weighted by atomic mass is 16.7. The largest absolute Gasteiger partial charge is 0.480 e. The summed E-state index contributed by atoms with van der Waals surface area (Å²) in [4.78, 5) is 23.5. The molecule has 0 unspecified atom stereocenters. The van der Waals surface area contributed by atoms with Gasteiger partial charge in [0.2, 0.25) is 0 Å². The van der Waals surface area contributed by atoms with Gasteiger partial charge in [-0.3, -0.25) is 10.0 Å². The van der Waals surface area contributed by atoms with Crippen LogP contribution in [0.15, 0.2) is 48.5 Å². The fraction of sp³-hybridized carbons (Fsp3) is 0.300. The normalized spacial score (nSPS) is 18.8. The Morgan fingerprint density at radius 2 is 1.67 bits per heavy atom. The highest BCUT2D eigenvalue weighted by molar-refractivity contribution is 5.79. The van der Waals surface area contributed by atoms with Crippen molar-refractivity contribution in [1.29, 1.82) is 0 Å². The monoisotopic (exact) mass is 368 g/mol. The summed E-state index contributed by atoms with van der Waals surface area (Å²) in [5.74, 6) is -1.19. The number of benzene rings is 2. The average Bonchev–Trinajstić information content (AvgIpc) is 3.29. The van der Waals surface area contributed by atoms with Crippen molar-refractivity contribution in [2.75, 3.05) is 13.2 Å². The van der Waals surface area contributed by atoms with Gasteiger partial charge in [0.05, 0.1) is 0 Å². The number of aliphatic carboxylic acids is 1. The molecule has 1 aliphatic carbocycles. The predicted octanol–water partition coefficient (Wildman–Crippen LogP) is 3.09. The second kappa shape index (κ2) is 7.02. The van der Waals surface area contributed by atoms with E-state index in [-0.39, 0.29) is 19.1 Å². The maximum atomic E-state index is 12.3. The van der Waals surface area contributed by atoms with Crippen LogP contribution in [0.3, 0.4) is 0 Å². The van der Waals surface area contributed by atoms with E-state index in [4.69, 9.17) is 4.74 Å². The molecule has 1 aliphatic heterocycles. The molecule has 140 valence electrons. The van der Waals surface area contributed by atoms with E-state index in [9.17, 15) is 19.9 Å². The highest BCUT2D eigenvalue weighted by Gasteiger charge is 2.38. The zero-order valence-corrected chi connectivity index (χ0v) is 14.6. The molecule has 2 N–H and O–H groups in total. The molecular weight excluding hydrogens is 348 g/mol. The Hall–Kier alpha value is -2.90. The number of hydrazine groups is 1. The van der Waals surface area contributed by atoms with Gasteiger partial charge in [-0.15, -0.1) is 5.17 Å². The predicted molar refractivity (Wildman–Crippen MR) is 96.1 cm³/mol. The van der Waals surface area contributed by atoms with Crippen LogP contribution in [0.5, 0.6) is 0 Å². The lowest BCUT2D eigenvalue weighted by Gasteiger charge is -2.28. The second-order valence-corrected chi connectivity index (χ2v) is 6.75. The molecule has 1 saturated heterocycles. The van der Waals surface area contributed by atoms with Crippen molar-refractivity contribution < 1.29 is 24.6 Å². The average molecular weight is 368 g/mol. The minimum atomic E-state index is -1.07. The Balaban J connectivity index is 1.49. The number of rotatable bonds is 4. The molecule has 4 rings (SSSR count). The first-order chi connectivity index (χ1) is 13.1. The van der Waals surface area contributed by atoms with Gasteiger partial charge >= 0.3 is 12.1 Å². The number of hydrogen-bond acceptors (Lipinski definition) is 5. The first-order valence-corrected chi connectivity index (χ1v) is 8.91. The summed E-state index contributed by atoms with van der Waals surface area (Å²) in [5.41, 5.74) is 4.36. The van der Waals surface area contributed by atoms with Crippen LogP contribution in [-0.2, 0) is 9.53 Å². The van der Waals surface area contributed by atoms with Crippen molar-refractivity contribution in [1.82, 2.24) is 10.2 Å². The fourth-order valence-electron chi connectivity index (χ4n) is 3.99. The third kappa shape index (κ3) is 3.05. The molecule has 1 amide bonds. The van der Waals surface area contributed by atoms with E-state index in [1.165, 1.54) is 0 Å². The third-order valence-electron chi connectivity index (χ3n) is 5.25. The van der Waals surface area contributed by atoms with Gasteiger partial charge < -0.3 is 9.84 Å². The van der Waals surface area contributed by atoms with E-state index in [0.29, 0.717) is 18.0 Å². The molecule has 27 heavy (non-hydrogen) atoms. The number of carboxylic acids is 1. The Bertz CT molecular complexity index is 839. The smallest absolute Gasteiger partial charge is 0.449 e. The van der Waals surface area contributed by atoms with Crippen molar-refractivity contribution in [3.05, 3.63) is 59.7 Å². The van der Waals surface area contributed by atoms with E-state index < -0.39 is 18.1 Å². The van der Waals surface area contributed by atoms with Crippen molar-refractivity contribution in [2.24, 2.45) is 0 Å². The minimum Gasteiger partial charge on any atom is -0.480 e. The van der Waals surface area contributed by atoms with Gasteiger partial charge in [-0.2, -0.15) is 5.01 Å². The van der Waals surface area contributed by atoms with Crippen LogP contribution < -0.4 is 0 Å². The highest BCUT2D eigenvalue weighted by Crippen LogP contribution is 2.44. The van der Waals surface area contributed by atoms with Crippen molar-refractivity contribution in [3.63, 3.8) is 0 Å². The van der Waals surface area contributed by atoms with Gasteiger partial charge in [0.1, 0.15) is 12.6 Å². The van der Waals surface area contributed by atoms with Crippen LogP contribution in [0, 0.1) is 0 Å². The first kappa shape index (κ1) is 17.5. The summed E-state index contributed by atoms with van der Waals surface area (Å²) in [6, 6.07) is 15.0. The van der Waals surface area contributed by atoms with Crippen LogP contribution in [0.1, 0.15) is 29.9 Å². The molecule has 1 heterocycles. The molecule has 2 aliphatic rings. The Labute approximate surface area is 156 Å². The number of carbonyl (C=O) groups is 2. The molecule has 2 aromatic rings. The summed E-state index contributed by atoms with van der Waals surface area (Å²) >= 11 is 0. The van der Waals surface area contributed by atoms with E-state index in [0.717, 1.165) is 27.3 Å². The Morgan fingerprint density at radius 3 is 2.26 bits per heavy atom. The van der Waals surface area contributed by atoms with Crippen molar-refractivity contribution in [3.8, 4) is 11.1 Å². The number of nitrogens with zero attached hydrogens (tertiary/aromatic N) is 2. The quantitative estimate of drug-likeness (QED) is 0.637. The molecule has 0 aromatic heterocycles. The minimum absolute atomic E-state index is 0.0650. The van der Waals surface area contributed by atoms with Gasteiger partial charge in [-0.25, -0.2) is 4.79 Å². The fourth-order valence-corrected chi connectivity index (χ4v) is 3.99. The lowest BCUT2D eigenvalue weighted by Crippen LogP contribution is -2.50. The topological polar surface area (TPSA) is 90.3 Å². The standard InChI is InChI=1S/C20H20N2O5/c23-19(24)18-10-5-11-21(18)22(26)20(25)27-12-17-15-8-3-1-6-13(15)14-7-2-4-9-16(14)17/h1-4,6-9,17-18,26H,5,10-12H2,(H,23,24)/t18-/m0/s1. The Kier molecular flexibility index (Phi) is 4.55. The maximum absolute atomic E-state index is 12.3.